The van der Waals surface area contributed by atoms with Crippen molar-refractivity contribution >= 4 is 0 Å². The number of rotatable bonds is 5. The predicted molar refractivity (Wildman–Crippen MR) is 102 cm³/mol. The van der Waals surface area contributed by atoms with Crippen LogP contribution in [0.15, 0.2) is 59.7 Å². The fourth-order valence-electron chi connectivity index (χ4n) is 3.13. The van der Waals surface area contributed by atoms with Crippen molar-refractivity contribution in [2.45, 2.75) is 53.0 Å². The zero-order valence-electron chi connectivity index (χ0n) is 14.9. The Kier molecular flexibility index (Phi) is 5.79. The van der Waals surface area contributed by atoms with Crippen LogP contribution in [-0.2, 0) is 12.8 Å². The fraction of sp³-hybridized carbons (Fsp3) is 0.364. The molecule has 0 bridgehead atoms. The Hall–Kier alpha value is -1.86. The molecule has 0 aromatic heterocycles. The van der Waals surface area contributed by atoms with Gasteiger partial charge in [0.1, 0.15) is 0 Å². The maximum absolute atomic E-state index is 6.15. The van der Waals surface area contributed by atoms with Gasteiger partial charge >= 0.3 is 0 Å². The van der Waals surface area contributed by atoms with Gasteiger partial charge in [-0.15, -0.1) is 0 Å². The van der Waals surface area contributed by atoms with Gasteiger partial charge in [0.25, 0.3) is 0 Å². The molecular weight excluding hydrogens is 278 g/mol. The highest BCUT2D eigenvalue weighted by molar-refractivity contribution is 5.42. The molecule has 0 saturated heterocycles. The van der Waals surface area contributed by atoms with E-state index in [0.717, 1.165) is 24.8 Å². The minimum atomic E-state index is 0.0436. The molecule has 0 spiro atoms. The molecule has 0 fully saturated rings. The lowest BCUT2D eigenvalue weighted by molar-refractivity contribution is 0.765. The lowest BCUT2D eigenvalue weighted by Crippen LogP contribution is -2.23. The van der Waals surface area contributed by atoms with E-state index in [0.29, 0.717) is 0 Å². The van der Waals surface area contributed by atoms with E-state index in [9.17, 15) is 0 Å². The van der Waals surface area contributed by atoms with Crippen LogP contribution in [0.5, 0.6) is 0 Å². The van der Waals surface area contributed by atoms with Crippen LogP contribution in [0.1, 0.15) is 42.5 Å². The Bertz CT molecular complexity index is 663. The Morgan fingerprint density at radius 1 is 1.22 bits per heavy atom. The van der Waals surface area contributed by atoms with Gasteiger partial charge in [-0.25, -0.2) is 0 Å². The topological polar surface area (TPSA) is 26.0 Å². The minimum Gasteiger partial charge on any atom is -0.324 e. The summed E-state index contributed by atoms with van der Waals surface area (Å²) in [5, 5.41) is 0. The first-order valence-corrected chi connectivity index (χ1v) is 8.39. The summed E-state index contributed by atoms with van der Waals surface area (Å²) in [4.78, 5) is 0. The van der Waals surface area contributed by atoms with Crippen molar-refractivity contribution in [3.8, 4) is 0 Å². The van der Waals surface area contributed by atoms with E-state index in [1.807, 2.05) is 6.92 Å². The lowest BCUT2D eigenvalue weighted by Gasteiger charge is -2.17. The average molecular weight is 307 g/mol. The quantitative estimate of drug-likeness (QED) is 0.750. The molecule has 1 aromatic carbocycles. The summed E-state index contributed by atoms with van der Waals surface area (Å²) in [7, 11) is 0. The summed E-state index contributed by atoms with van der Waals surface area (Å²) in [5.41, 5.74) is 15.5. The Morgan fingerprint density at radius 2 is 1.87 bits per heavy atom. The highest BCUT2D eigenvalue weighted by atomic mass is 14.6. The zero-order chi connectivity index (χ0) is 17.0. The van der Waals surface area contributed by atoms with Crippen LogP contribution in [0.3, 0.4) is 0 Å². The summed E-state index contributed by atoms with van der Waals surface area (Å²) in [5.74, 6) is 0. The molecule has 0 saturated carbocycles. The van der Waals surface area contributed by atoms with Crippen molar-refractivity contribution in [2.75, 3.05) is 0 Å². The van der Waals surface area contributed by atoms with Crippen molar-refractivity contribution in [1.29, 1.82) is 0 Å². The second-order valence-corrected chi connectivity index (χ2v) is 6.89. The lowest BCUT2D eigenvalue weighted by atomic mass is 9.90. The van der Waals surface area contributed by atoms with E-state index in [1.54, 1.807) is 0 Å². The molecule has 122 valence electrons. The van der Waals surface area contributed by atoms with Gasteiger partial charge in [0.15, 0.2) is 0 Å². The van der Waals surface area contributed by atoms with Gasteiger partial charge in [-0.3, -0.25) is 0 Å². The molecule has 0 amide bonds. The number of allylic oxidation sites excluding steroid dienone is 6. The van der Waals surface area contributed by atoms with Crippen LogP contribution in [0, 0.1) is 13.8 Å². The maximum atomic E-state index is 6.15. The summed E-state index contributed by atoms with van der Waals surface area (Å²) >= 11 is 0. The number of hydrogen-bond donors (Lipinski definition) is 1. The number of aryl methyl sites for hydroxylation is 2. The Labute approximate surface area is 141 Å². The molecule has 0 aliphatic heterocycles. The molecule has 1 heteroatoms. The van der Waals surface area contributed by atoms with Gasteiger partial charge < -0.3 is 5.73 Å². The second-order valence-electron chi connectivity index (χ2n) is 6.89. The molecular formula is C22H29N. The first kappa shape index (κ1) is 17.5. The van der Waals surface area contributed by atoms with E-state index in [4.69, 9.17) is 5.73 Å². The van der Waals surface area contributed by atoms with Crippen LogP contribution in [0.4, 0.5) is 0 Å². The summed E-state index contributed by atoms with van der Waals surface area (Å²) in [6, 6.07) is 4.63. The van der Waals surface area contributed by atoms with Gasteiger partial charge in [0.2, 0.25) is 0 Å². The highest BCUT2D eigenvalue weighted by Crippen LogP contribution is 2.24. The maximum Gasteiger partial charge on any atom is 0.0289 e. The monoisotopic (exact) mass is 307 g/mol. The van der Waals surface area contributed by atoms with E-state index in [1.165, 1.54) is 33.4 Å². The van der Waals surface area contributed by atoms with Crippen molar-refractivity contribution in [3.05, 3.63) is 82.0 Å². The molecule has 2 rings (SSSR count). The van der Waals surface area contributed by atoms with Crippen LogP contribution in [0.25, 0.3) is 0 Å². The van der Waals surface area contributed by atoms with Gasteiger partial charge in [0.05, 0.1) is 0 Å². The van der Waals surface area contributed by atoms with E-state index in [2.05, 4.69) is 63.8 Å². The van der Waals surface area contributed by atoms with Gasteiger partial charge in [-0.2, -0.15) is 0 Å². The normalized spacial score (nSPS) is 15.7. The van der Waals surface area contributed by atoms with E-state index >= 15 is 0 Å². The Balaban J connectivity index is 2.22. The molecule has 1 aliphatic carbocycles. The van der Waals surface area contributed by atoms with Gasteiger partial charge in [-0.05, 0) is 69.2 Å². The molecule has 23 heavy (non-hydrogen) atoms. The van der Waals surface area contributed by atoms with Gasteiger partial charge in [0, 0.05) is 6.04 Å². The largest absolute Gasteiger partial charge is 0.324 e. The average Bonchev–Trinajstić information content (AvgIpc) is 2.67. The van der Waals surface area contributed by atoms with Crippen molar-refractivity contribution < 1.29 is 0 Å². The van der Waals surface area contributed by atoms with Crippen LogP contribution in [-0.4, -0.2) is 6.04 Å². The number of nitrogens with two attached hydrogens (primary N) is 1. The predicted octanol–water partition coefficient (Wildman–Crippen LogP) is 5.12. The van der Waals surface area contributed by atoms with Crippen molar-refractivity contribution in [1.82, 2.24) is 0 Å². The Morgan fingerprint density at radius 3 is 2.48 bits per heavy atom. The summed E-state index contributed by atoms with van der Waals surface area (Å²) in [6.07, 6.45) is 11.8. The first-order chi connectivity index (χ1) is 10.9. The molecule has 2 N–H and O–H groups in total. The van der Waals surface area contributed by atoms with Crippen LogP contribution < -0.4 is 5.73 Å². The smallest absolute Gasteiger partial charge is 0.0289 e. The van der Waals surface area contributed by atoms with E-state index in [-0.39, 0.29) is 6.04 Å². The van der Waals surface area contributed by atoms with Crippen LogP contribution >= 0.6 is 0 Å². The summed E-state index contributed by atoms with van der Waals surface area (Å²) in [6.45, 7) is 12.6. The molecule has 1 aromatic rings. The second kappa shape index (κ2) is 7.61. The number of hydrogen-bond acceptors (Lipinski definition) is 1. The van der Waals surface area contributed by atoms with Crippen molar-refractivity contribution in [3.63, 3.8) is 0 Å². The molecule has 1 unspecified atom stereocenters. The molecule has 1 atom stereocenters. The van der Waals surface area contributed by atoms with Crippen LogP contribution in [0.2, 0.25) is 0 Å². The third-order valence-electron chi connectivity index (χ3n) is 4.56. The molecule has 0 radical (unpaired) electrons. The van der Waals surface area contributed by atoms with Gasteiger partial charge in [-0.1, -0.05) is 59.7 Å². The fourth-order valence-corrected chi connectivity index (χ4v) is 3.13. The highest BCUT2D eigenvalue weighted by Gasteiger charge is 2.11. The SMILES string of the molecule is C=C(C)C(N)Cc1cc(C)c(CC2=CC(C)=CC=CC2)c(C)c1. The molecule has 1 aliphatic rings. The third kappa shape index (κ3) is 4.80. The summed E-state index contributed by atoms with van der Waals surface area (Å²) < 4.78 is 0. The molecule has 1 nitrogen and oxygen atoms in total. The zero-order valence-corrected chi connectivity index (χ0v) is 14.9. The third-order valence-corrected chi connectivity index (χ3v) is 4.56. The standard InChI is InChI=1S/C22H29N/c1-15(2)22(23)14-20-11-17(4)21(18(5)12-20)13-19-9-7-6-8-16(3)10-19/h6-8,10-12,22H,1,9,13-14,23H2,2-5H3. The van der Waals surface area contributed by atoms with E-state index < -0.39 is 0 Å². The molecule has 0 heterocycles. The minimum absolute atomic E-state index is 0.0436. The number of benzene rings is 1. The first-order valence-electron chi connectivity index (χ1n) is 8.39. The van der Waals surface area contributed by atoms with Crippen molar-refractivity contribution in [2.24, 2.45) is 5.73 Å².